The van der Waals surface area contributed by atoms with Crippen LogP contribution >= 0.6 is 0 Å². The van der Waals surface area contributed by atoms with E-state index in [0.717, 1.165) is 0 Å². The normalized spacial score (nSPS) is 11.2. The summed E-state index contributed by atoms with van der Waals surface area (Å²) in [7, 11) is 1.71. The molecule has 0 aliphatic rings. The summed E-state index contributed by atoms with van der Waals surface area (Å²) in [4.78, 5) is 17.8. The predicted octanol–water partition coefficient (Wildman–Crippen LogP) is 1.56. The molecule has 0 aliphatic heterocycles. The molecule has 0 saturated carbocycles. The van der Waals surface area contributed by atoms with Crippen LogP contribution in [0.3, 0.4) is 0 Å². The van der Waals surface area contributed by atoms with Crippen molar-refractivity contribution >= 4 is 11.7 Å². The van der Waals surface area contributed by atoms with E-state index in [0.29, 0.717) is 18.7 Å². The zero-order valence-electron chi connectivity index (χ0n) is 10.1. The Hall–Kier alpha value is -1.42. The van der Waals surface area contributed by atoms with Crippen molar-refractivity contribution in [3.05, 3.63) is 24.4 Å². The second-order valence-corrected chi connectivity index (χ2v) is 3.92. The van der Waals surface area contributed by atoms with Crippen LogP contribution in [0.15, 0.2) is 24.4 Å². The number of rotatable bonds is 4. The molecule has 4 nitrogen and oxygen atoms in total. The second kappa shape index (κ2) is 5.07. The van der Waals surface area contributed by atoms with Gasteiger partial charge in [0.1, 0.15) is 5.82 Å². The van der Waals surface area contributed by atoms with Crippen molar-refractivity contribution in [2.45, 2.75) is 32.2 Å². The quantitative estimate of drug-likeness (QED) is 0.839. The highest BCUT2D eigenvalue weighted by molar-refractivity contribution is 5.98. The molecule has 0 spiro atoms. The van der Waals surface area contributed by atoms with Gasteiger partial charge in [-0.2, -0.15) is 0 Å². The first-order chi connectivity index (χ1) is 7.55. The number of anilines is 1. The molecular formula is C12H19N3O. The molecule has 16 heavy (non-hydrogen) atoms. The van der Waals surface area contributed by atoms with Crippen molar-refractivity contribution < 1.29 is 4.79 Å². The van der Waals surface area contributed by atoms with Gasteiger partial charge in [0.15, 0.2) is 0 Å². The number of hydrogen-bond acceptors (Lipinski definition) is 3. The maximum atomic E-state index is 12.2. The number of carbonyl (C=O) groups is 1. The smallest absolute Gasteiger partial charge is 0.247 e. The molecule has 88 valence electrons. The molecule has 0 aliphatic carbocycles. The minimum atomic E-state index is -0.785. The van der Waals surface area contributed by atoms with E-state index in [1.54, 1.807) is 19.3 Å². The van der Waals surface area contributed by atoms with Crippen LogP contribution in [0.1, 0.15) is 26.7 Å². The van der Waals surface area contributed by atoms with Crippen molar-refractivity contribution in [1.82, 2.24) is 4.98 Å². The Balaban J connectivity index is 2.90. The van der Waals surface area contributed by atoms with Crippen molar-refractivity contribution in [2.24, 2.45) is 5.73 Å². The van der Waals surface area contributed by atoms with E-state index in [-0.39, 0.29) is 5.91 Å². The molecule has 1 aromatic rings. The number of pyridine rings is 1. The zero-order valence-corrected chi connectivity index (χ0v) is 10.1. The van der Waals surface area contributed by atoms with Gasteiger partial charge in [0.05, 0.1) is 5.54 Å². The van der Waals surface area contributed by atoms with Crippen molar-refractivity contribution in [1.29, 1.82) is 0 Å². The highest BCUT2D eigenvalue weighted by Gasteiger charge is 2.33. The fourth-order valence-corrected chi connectivity index (χ4v) is 1.54. The Morgan fingerprint density at radius 3 is 2.50 bits per heavy atom. The lowest BCUT2D eigenvalue weighted by Gasteiger charge is -2.30. The summed E-state index contributed by atoms with van der Waals surface area (Å²) in [6.45, 7) is 3.85. The molecule has 0 unspecified atom stereocenters. The summed E-state index contributed by atoms with van der Waals surface area (Å²) in [5.41, 5.74) is 5.27. The number of likely N-dealkylation sites (N-methyl/N-ethyl adjacent to an activating group) is 1. The van der Waals surface area contributed by atoms with Gasteiger partial charge < -0.3 is 5.73 Å². The molecule has 0 saturated heterocycles. The second-order valence-electron chi connectivity index (χ2n) is 3.92. The van der Waals surface area contributed by atoms with Crippen molar-refractivity contribution in [2.75, 3.05) is 11.9 Å². The monoisotopic (exact) mass is 221 g/mol. The Bertz CT molecular complexity index is 347. The maximum Gasteiger partial charge on any atom is 0.247 e. The lowest BCUT2D eigenvalue weighted by molar-refractivity contribution is -0.123. The van der Waals surface area contributed by atoms with Gasteiger partial charge in [0, 0.05) is 13.2 Å². The fraction of sp³-hybridized carbons (Fsp3) is 0.500. The number of nitrogens with two attached hydrogens (primary N) is 1. The van der Waals surface area contributed by atoms with Gasteiger partial charge in [-0.1, -0.05) is 19.9 Å². The molecule has 0 atom stereocenters. The average molecular weight is 221 g/mol. The zero-order chi connectivity index (χ0) is 12.2. The van der Waals surface area contributed by atoms with Crippen LogP contribution in [-0.2, 0) is 4.79 Å². The summed E-state index contributed by atoms with van der Waals surface area (Å²) in [5.74, 6) is 0.542. The topological polar surface area (TPSA) is 59.2 Å². The third-order valence-electron chi connectivity index (χ3n) is 2.99. The highest BCUT2D eigenvalue weighted by Crippen LogP contribution is 2.18. The average Bonchev–Trinajstić information content (AvgIpc) is 2.37. The fourth-order valence-electron chi connectivity index (χ4n) is 1.54. The van der Waals surface area contributed by atoms with Crippen molar-refractivity contribution in [3.63, 3.8) is 0 Å². The Morgan fingerprint density at radius 2 is 2.06 bits per heavy atom. The molecule has 1 rings (SSSR count). The van der Waals surface area contributed by atoms with Crippen LogP contribution in [0.2, 0.25) is 0 Å². The van der Waals surface area contributed by atoms with Gasteiger partial charge in [0.2, 0.25) is 5.91 Å². The highest BCUT2D eigenvalue weighted by atomic mass is 16.2. The molecule has 4 heteroatoms. The van der Waals surface area contributed by atoms with Gasteiger partial charge in [-0.25, -0.2) is 4.98 Å². The molecule has 0 fully saturated rings. The van der Waals surface area contributed by atoms with E-state index in [2.05, 4.69) is 4.98 Å². The van der Waals surface area contributed by atoms with E-state index in [9.17, 15) is 4.79 Å². The van der Waals surface area contributed by atoms with Crippen LogP contribution in [0.4, 0.5) is 5.82 Å². The third-order valence-corrected chi connectivity index (χ3v) is 2.99. The summed E-state index contributed by atoms with van der Waals surface area (Å²) >= 11 is 0. The van der Waals surface area contributed by atoms with Crippen LogP contribution < -0.4 is 10.6 Å². The summed E-state index contributed by atoms with van der Waals surface area (Å²) in [5, 5.41) is 0. The number of carbonyl (C=O) groups excluding carboxylic acids is 1. The number of amides is 1. The first-order valence-electron chi connectivity index (χ1n) is 5.53. The van der Waals surface area contributed by atoms with Gasteiger partial charge in [-0.05, 0) is 25.0 Å². The predicted molar refractivity (Wildman–Crippen MR) is 65.1 cm³/mol. The first-order valence-corrected chi connectivity index (χ1v) is 5.53. The number of hydrogen-bond donors (Lipinski definition) is 1. The molecule has 1 heterocycles. The maximum absolute atomic E-state index is 12.2. The minimum Gasteiger partial charge on any atom is -0.317 e. The summed E-state index contributed by atoms with van der Waals surface area (Å²) in [6.07, 6.45) is 2.91. The van der Waals surface area contributed by atoms with E-state index in [1.807, 2.05) is 26.0 Å². The molecule has 1 aromatic heterocycles. The van der Waals surface area contributed by atoms with Crippen molar-refractivity contribution in [3.8, 4) is 0 Å². The Labute approximate surface area is 96.5 Å². The van der Waals surface area contributed by atoms with E-state index in [4.69, 9.17) is 5.73 Å². The van der Waals surface area contributed by atoms with Crippen LogP contribution in [0, 0.1) is 0 Å². The van der Waals surface area contributed by atoms with Crippen LogP contribution in [0.5, 0.6) is 0 Å². The van der Waals surface area contributed by atoms with E-state index in [1.165, 1.54) is 4.90 Å². The summed E-state index contributed by atoms with van der Waals surface area (Å²) < 4.78 is 0. The minimum absolute atomic E-state index is 0.0869. The third kappa shape index (κ3) is 2.39. The Kier molecular flexibility index (Phi) is 4.01. The van der Waals surface area contributed by atoms with Gasteiger partial charge >= 0.3 is 0 Å². The van der Waals surface area contributed by atoms with Gasteiger partial charge in [-0.15, -0.1) is 0 Å². The number of nitrogens with zero attached hydrogens (tertiary/aromatic N) is 2. The molecular weight excluding hydrogens is 202 g/mol. The number of aromatic nitrogens is 1. The van der Waals surface area contributed by atoms with Crippen LogP contribution in [-0.4, -0.2) is 23.5 Å². The summed E-state index contributed by atoms with van der Waals surface area (Å²) in [6, 6.07) is 5.46. The molecule has 2 N–H and O–H groups in total. The lowest BCUT2D eigenvalue weighted by atomic mass is 9.92. The van der Waals surface area contributed by atoms with E-state index < -0.39 is 5.54 Å². The molecule has 0 radical (unpaired) electrons. The largest absolute Gasteiger partial charge is 0.317 e. The van der Waals surface area contributed by atoms with Gasteiger partial charge in [-0.3, -0.25) is 9.69 Å². The Morgan fingerprint density at radius 1 is 1.44 bits per heavy atom. The molecule has 0 bridgehead atoms. The first kappa shape index (κ1) is 12.6. The standard InChI is InChI=1S/C12H19N3O/c1-4-12(13,5-2)11(16)15(3)10-8-6-7-9-14-10/h6-9H,4-5,13H2,1-3H3. The molecule has 0 aromatic carbocycles. The van der Waals surface area contributed by atoms with Gasteiger partial charge in [0.25, 0.3) is 0 Å². The lowest BCUT2D eigenvalue weighted by Crippen LogP contribution is -2.53. The SMILES string of the molecule is CCC(N)(CC)C(=O)N(C)c1ccccn1. The van der Waals surface area contributed by atoms with Crippen LogP contribution in [0.25, 0.3) is 0 Å². The molecule has 1 amide bonds. The van der Waals surface area contributed by atoms with E-state index >= 15 is 0 Å².